The van der Waals surface area contributed by atoms with Crippen molar-refractivity contribution in [1.82, 2.24) is 4.90 Å². The van der Waals surface area contributed by atoms with E-state index in [1.807, 2.05) is 0 Å². The first-order valence-electron chi connectivity index (χ1n) is 9.84. The maximum Gasteiger partial charge on any atom is 0.0728 e. The van der Waals surface area contributed by atoms with Gasteiger partial charge in [-0.3, -0.25) is 0 Å². The summed E-state index contributed by atoms with van der Waals surface area (Å²) < 4.78 is 0. The largest absolute Gasteiger partial charge is 0.389 e. The minimum Gasteiger partial charge on any atom is -0.389 e. The molecule has 0 bridgehead atoms. The fourth-order valence-electron chi connectivity index (χ4n) is 4.91. The Bertz CT molecular complexity index is 724. The van der Waals surface area contributed by atoms with Crippen LogP contribution in [0.15, 0.2) is 42.5 Å². The van der Waals surface area contributed by atoms with Gasteiger partial charge in [-0.25, -0.2) is 0 Å². The van der Waals surface area contributed by atoms with Gasteiger partial charge in [0, 0.05) is 25.0 Å². The van der Waals surface area contributed by atoms with Crippen LogP contribution < -0.4 is 5.73 Å². The molecule has 0 amide bonds. The number of fused-ring (bicyclic) bond motifs is 1. The average molecular weight is 375 g/mol. The summed E-state index contributed by atoms with van der Waals surface area (Å²) in [6, 6.07) is 15.4. The number of likely N-dealkylation sites (tertiary alicyclic amines) is 1. The van der Waals surface area contributed by atoms with Gasteiger partial charge in [-0.15, -0.1) is 12.4 Å². The molecule has 3 nitrogen and oxygen atoms in total. The molecule has 0 spiro atoms. The predicted molar refractivity (Wildman–Crippen MR) is 111 cm³/mol. The molecule has 2 fully saturated rings. The maximum atomic E-state index is 11.6. The first kappa shape index (κ1) is 19.6. The number of benzene rings is 2. The topological polar surface area (TPSA) is 49.5 Å². The van der Waals surface area contributed by atoms with Crippen LogP contribution in [0.25, 0.3) is 10.8 Å². The summed E-state index contributed by atoms with van der Waals surface area (Å²) in [6.07, 6.45) is 6.43. The van der Waals surface area contributed by atoms with E-state index < -0.39 is 5.60 Å². The second-order valence-electron chi connectivity index (χ2n) is 8.09. The number of halogens is 1. The summed E-state index contributed by atoms with van der Waals surface area (Å²) >= 11 is 0. The summed E-state index contributed by atoms with van der Waals surface area (Å²) in [5.41, 5.74) is 6.86. The Labute approximate surface area is 163 Å². The van der Waals surface area contributed by atoms with E-state index in [0.717, 1.165) is 51.7 Å². The molecule has 2 aliphatic rings. The number of nitrogens with two attached hydrogens (primary N) is 1. The number of hydrogen-bond acceptors (Lipinski definition) is 3. The van der Waals surface area contributed by atoms with Crippen LogP contribution in [-0.4, -0.2) is 41.3 Å². The normalized spacial score (nSPS) is 24.3. The standard InChI is InChI=1S/C22H30N2O.ClH/c23-18-11-14-24(15-18)16-21(22(25)12-4-1-5-13-22)20-10-6-8-17-7-2-3-9-19(17)20;/h2-3,6-10,18,21,25H,1,4-5,11-16,23H2;1H/t18-,21?;/m1./s1. The summed E-state index contributed by atoms with van der Waals surface area (Å²) in [4.78, 5) is 2.46. The van der Waals surface area contributed by atoms with Gasteiger partial charge >= 0.3 is 0 Å². The van der Waals surface area contributed by atoms with Gasteiger partial charge in [0.1, 0.15) is 0 Å². The molecule has 1 saturated heterocycles. The van der Waals surface area contributed by atoms with Crippen LogP contribution >= 0.6 is 12.4 Å². The van der Waals surface area contributed by atoms with E-state index in [2.05, 4.69) is 47.4 Å². The molecule has 4 rings (SSSR count). The first-order chi connectivity index (χ1) is 12.2. The highest BCUT2D eigenvalue weighted by Gasteiger charge is 2.40. The molecule has 142 valence electrons. The predicted octanol–water partition coefficient (Wildman–Crippen LogP) is 4.07. The van der Waals surface area contributed by atoms with Gasteiger partial charge < -0.3 is 15.7 Å². The van der Waals surface area contributed by atoms with Crippen LogP contribution in [0.1, 0.15) is 50.0 Å². The second-order valence-corrected chi connectivity index (χ2v) is 8.09. The Kier molecular flexibility index (Phi) is 6.24. The fraction of sp³-hybridized carbons (Fsp3) is 0.545. The molecule has 1 heterocycles. The molecule has 2 aromatic carbocycles. The van der Waals surface area contributed by atoms with Gasteiger partial charge in [0.2, 0.25) is 0 Å². The molecule has 2 atom stereocenters. The Morgan fingerprint density at radius 3 is 2.54 bits per heavy atom. The molecule has 0 radical (unpaired) electrons. The monoisotopic (exact) mass is 374 g/mol. The van der Waals surface area contributed by atoms with Crippen LogP contribution in [0.2, 0.25) is 0 Å². The van der Waals surface area contributed by atoms with Gasteiger partial charge in [0.25, 0.3) is 0 Å². The number of nitrogens with zero attached hydrogens (tertiary/aromatic N) is 1. The lowest BCUT2D eigenvalue weighted by Crippen LogP contribution is -2.44. The van der Waals surface area contributed by atoms with Crippen molar-refractivity contribution in [3.63, 3.8) is 0 Å². The van der Waals surface area contributed by atoms with Crippen LogP contribution in [0.5, 0.6) is 0 Å². The highest BCUT2D eigenvalue weighted by molar-refractivity contribution is 5.86. The van der Waals surface area contributed by atoms with Gasteiger partial charge in [0.15, 0.2) is 0 Å². The van der Waals surface area contributed by atoms with Crippen molar-refractivity contribution in [2.24, 2.45) is 5.73 Å². The Morgan fingerprint density at radius 1 is 1.08 bits per heavy atom. The molecule has 1 aliphatic carbocycles. The zero-order chi connectivity index (χ0) is 17.3. The molecule has 3 N–H and O–H groups in total. The first-order valence-corrected chi connectivity index (χ1v) is 9.84. The van der Waals surface area contributed by atoms with E-state index in [4.69, 9.17) is 5.73 Å². The molecular weight excluding hydrogens is 344 g/mol. The van der Waals surface area contributed by atoms with Gasteiger partial charge in [-0.1, -0.05) is 61.7 Å². The lowest BCUT2D eigenvalue weighted by Gasteiger charge is -2.41. The van der Waals surface area contributed by atoms with Crippen molar-refractivity contribution in [3.05, 3.63) is 48.0 Å². The van der Waals surface area contributed by atoms with E-state index >= 15 is 0 Å². The number of hydrogen-bond donors (Lipinski definition) is 2. The molecule has 1 unspecified atom stereocenters. The second kappa shape index (κ2) is 8.26. The molecule has 1 saturated carbocycles. The zero-order valence-electron chi connectivity index (χ0n) is 15.4. The summed E-state index contributed by atoms with van der Waals surface area (Å²) in [5, 5.41) is 14.2. The van der Waals surface area contributed by atoms with Crippen molar-refractivity contribution in [2.45, 2.75) is 56.1 Å². The Hall–Kier alpha value is -1.13. The number of aliphatic hydroxyl groups is 1. The van der Waals surface area contributed by atoms with Crippen molar-refractivity contribution in [2.75, 3.05) is 19.6 Å². The zero-order valence-corrected chi connectivity index (χ0v) is 16.3. The van der Waals surface area contributed by atoms with Crippen molar-refractivity contribution in [3.8, 4) is 0 Å². The van der Waals surface area contributed by atoms with Crippen LogP contribution in [0.4, 0.5) is 0 Å². The quantitative estimate of drug-likeness (QED) is 0.847. The van der Waals surface area contributed by atoms with Gasteiger partial charge in [0.05, 0.1) is 5.60 Å². The lowest BCUT2D eigenvalue weighted by atomic mass is 9.71. The third kappa shape index (κ3) is 3.91. The highest BCUT2D eigenvalue weighted by Crippen LogP contribution is 2.42. The summed E-state index contributed by atoms with van der Waals surface area (Å²) in [5.74, 6) is 0.157. The minimum atomic E-state index is -0.588. The van der Waals surface area contributed by atoms with Crippen molar-refractivity contribution >= 4 is 23.2 Å². The van der Waals surface area contributed by atoms with Crippen LogP contribution in [-0.2, 0) is 0 Å². The van der Waals surface area contributed by atoms with Crippen LogP contribution in [0, 0.1) is 0 Å². The molecule has 4 heteroatoms. The fourth-order valence-corrected chi connectivity index (χ4v) is 4.91. The molecule has 2 aromatic rings. The molecule has 1 aliphatic heterocycles. The highest BCUT2D eigenvalue weighted by atomic mass is 35.5. The summed E-state index contributed by atoms with van der Waals surface area (Å²) in [7, 11) is 0. The van der Waals surface area contributed by atoms with Gasteiger partial charge in [-0.05, 0) is 42.1 Å². The third-order valence-corrected chi connectivity index (χ3v) is 6.32. The molecule has 26 heavy (non-hydrogen) atoms. The minimum absolute atomic E-state index is 0. The molecular formula is C22H31ClN2O. The SMILES string of the molecule is Cl.N[C@@H]1CCN(CC(c2cccc3ccccc23)C2(O)CCCCC2)C1. The maximum absolute atomic E-state index is 11.6. The smallest absolute Gasteiger partial charge is 0.0728 e. The van der Waals surface area contributed by atoms with Crippen molar-refractivity contribution < 1.29 is 5.11 Å². The number of rotatable bonds is 4. The Balaban J connectivity index is 0.00000196. The lowest BCUT2D eigenvalue weighted by molar-refractivity contribution is -0.0290. The van der Waals surface area contributed by atoms with E-state index in [-0.39, 0.29) is 24.4 Å². The van der Waals surface area contributed by atoms with Crippen molar-refractivity contribution in [1.29, 1.82) is 0 Å². The van der Waals surface area contributed by atoms with Gasteiger partial charge in [-0.2, -0.15) is 0 Å². The van der Waals surface area contributed by atoms with E-state index in [9.17, 15) is 5.11 Å². The third-order valence-electron chi connectivity index (χ3n) is 6.32. The average Bonchev–Trinajstić information content (AvgIpc) is 3.05. The summed E-state index contributed by atoms with van der Waals surface area (Å²) in [6.45, 7) is 2.92. The Morgan fingerprint density at radius 2 is 1.81 bits per heavy atom. The van der Waals surface area contributed by atoms with E-state index in [1.54, 1.807) is 0 Å². The van der Waals surface area contributed by atoms with E-state index in [0.29, 0.717) is 0 Å². The van der Waals surface area contributed by atoms with Crippen LogP contribution in [0.3, 0.4) is 0 Å². The molecule has 0 aromatic heterocycles. The van der Waals surface area contributed by atoms with E-state index in [1.165, 1.54) is 22.8 Å².